The van der Waals surface area contributed by atoms with E-state index in [1.165, 1.54) is 0 Å². The van der Waals surface area contributed by atoms with Gasteiger partial charge in [-0.25, -0.2) is 5.48 Å². The van der Waals surface area contributed by atoms with E-state index in [-0.39, 0.29) is 0 Å². The second kappa shape index (κ2) is 3.71. The highest BCUT2D eigenvalue weighted by atomic mass is 35.5. The van der Waals surface area contributed by atoms with Gasteiger partial charge in [-0.05, 0) is 12.1 Å². The average molecular weight is 196 g/mol. The van der Waals surface area contributed by atoms with Crippen molar-refractivity contribution >= 4 is 17.7 Å². The third kappa shape index (κ3) is 1.78. The lowest BCUT2D eigenvalue weighted by atomic mass is 10.1. The van der Waals surface area contributed by atoms with E-state index in [1.54, 1.807) is 0 Å². The molecule has 1 aromatic rings. The Morgan fingerprint density at radius 2 is 2.15 bits per heavy atom. The minimum atomic E-state index is 0.602. The van der Waals surface area contributed by atoms with Crippen LogP contribution in [0.2, 0.25) is 0 Å². The highest BCUT2D eigenvalue weighted by Crippen LogP contribution is 2.24. The van der Waals surface area contributed by atoms with E-state index in [4.69, 9.17) is 16.4 Å². The number of rotatable bonds is 2. The Morgan fingerprint density at radius 1 is 1.31 bits per heavy atom. The number of para-hydroxylation sites is 1. The van der Waals surface area contributed by atoms with Crippen LogP contribution < -0.4 is 10.3 Å². The minimum absolute atomic E-state index is 0.602. The average Bonchev–Trinajstić information content (AvgIpc) is 2.18. The van der Waals surface area contributed by atoms with Gasteiger partial charge < -0.3 is 4.84 Å². The molecule has 0 aromatic heterocycles. The molecule has 1 aliphatic rings. The van der Waals surface area contributed by atoms with E-state index < -0.39 is 0 Å². The van der Waals surface area contributed by atoms with Gasteiger partial charge in [0.15, 0.2) is 5.75 Å². The van der Waals surface area contributed by atoms with Crippen molar-refractivity contribution in [2.45, 2.75) is 6.42 Å². The molecular formula is C10H10ClNO. The lowest BCUT2D eigenvalue weighted by Crippen LogP contribution is -2.21. The molecule has 1 aromatic carbocycles. The summed E-state index contributed by atoms with van der Waals surface area (Å²) < 4.78 is 0. The first kappa shape index (κ1) is 8.45. The van der Waals surface area contributed by atoms with Gasteiger partial charge in [0.25, 0.3) is 0 Å². The lowest BCUT2D eigenvalue weighted by molar-refractivity contribution is 0.222. The van der Waals surface area contributed by atoms with Crippen molar-refractivity contribution in [1.29, 1.82) is 0 Å². The summed E-state index contributed by atoms with van der Waals surface area (Å²) in [6.45, 7) is 0. The maximum atomic E-state index is 5.63. The molecule has 68 valence electrons. The van der Waals surface area contributed by atoms with Crippen molar-refractivity contribution in [3.05, 3.63) is 35.5 Å². The van der Waals surface area contributed by atoms with Crippen LogP contribution in [-0.2, 0) is 0 Å². The monoisotopic (exact) mass is 195 g/mol. The van der Waals surface area contributed by atoms with E-state index in [0.717, 1.165) is 23.4 Å². The summed E-state index contributed by atoms with van der Waals surface area (Å²) in [6, 6.07) is 7.88. The number of nitrogens with one attached hydrogen (secondary N) is 1. The molecule has 1 heterocycles. The number of allylic oxidation sites excluding steroid dienone is 1. The third-order valence-electron chi connectivity index (χ3n) is 1.90. The molecule has 0 saturated carbocycles. The fourth-order valence-corrected chi connectivity index (χ4v) is 1.46. The van der Waals surface area contributed by atoms with E-state index in [9.17, 15) is 0 Å². The molecule has 0 fully saturated rings. The molecule has 2 rings (SSSR count). The summed E-state index contributed by atoms with van der Waals surface area (Å²) in [5.41, 5.74) is 4.97. The van der Waals surface area contributed by atoms with E-state index in [2.05, 4.69) is 11.6 Å². The van der Waals surface area contributed by atoms with Crippen molar-refractivity contribution in [1.82, 2.24) is 5.48 Å². The first-order valence-corrected chi connectivity index (χ1v) is 4.72. The molecule has 0 atom stereocenters. The molecule has 13 heavy (non-hydrogen) atoms. The minimum Gasteiger partial charge on any atom is -0.382 e. The Labute approximate surface area is 82.1 Å². The standard InChI is InChI=1S/C10H10ClNO/c11-6-5-9-7-8-3-1-2-4-10(8)13-12-9/h1-4,7,12H,5-6H2. The van der Waals surface area contributed by atoms with Crippen LogP contribution in [0.1, 0.15) is 12.0 Å². The molecule has 0 unspecified atom stereocenters. The Bertz CT molecular complexity index is 335. The van der Waals surface area contributed by atoms with Gasteiger partial charge in [0, 0.05) is 17.9 Å². The molecular weight excluding hydrogens is 186 g/mol. The van der Waals surface area contributed by atoms with Crippen molar-refractivity contribution in [2.75, 3.05) is 5.88 Å². The van der Waals surface area contributed by atoms with Gasteiger partial charge in [-0.3, -0.25) is 0 Å². The third-order valence-corrected chi connectivity index (χ3v) is 2.09. The summed E-state index contributed by atoms with van der Waals surface area (Å²) in [4.78, 5) is 5.31. The van der Waals surface area contributed by atoms with Crippen LogP contribution in [0.5, 0.6) is 5.75 Å². The van der Waals surface area contributed by atoms with Crippen LogP contribution in [0.3, 0.4) is 0 Å². The summed E-state index contributed by atoms with van der Waals surface area (Å²) in [5.74, 6) is 1.46. The topological polar surface area (TPSA) is 21.3 Å². The van der Waals surface area contributed by atoms with E-state index in [1.807, 2.05) is 24.3 Å². The van der Waals surface area contributed by atoms with Crippen molar-refractivity contribution in [2.24, 2.45) is 0 Å². The van der Waals surface area contributed by atoms with Gasteiger partial charge in [0.1, 0.15) is 0 Å². The van der Waals surface area contributed by atoms with Gasteiger partial charge >= 0.3 is 0 Å². The second-order valence-electron chi connectivity index (χ2n) is 2.85. The quantitative estimate of drug-likeness (QED) is 0.733. The predicted octanol–water partition coefficient (Wildman–Crippen LogP) is 2.55. The van der Waals surface area contributed by atoms with E-state index >= 15 is 0 Å². The van der Waals surface area contributed by atoms with Gasteiger partial charge in [0.2, 0.25) is 0 Å². The lowest BCUT2D eigenvalue weighted by Gasteiger charge is -2.17. The molecule has 0 bridgehead atoms. The fraction of sp³-hybridized carbons (Fsp3) is 0.200. The zero-order chi connectivity index (χ0) is 9.10. The Balaban J connectivity index is 2.28. The smallest absolute Gasteiger partial charge is 0.162 e. The van der Waals surface area contributed by atoms with Crippen LogP contribution in [-0.4, -0.2) is 5.88 Å². The second-order valence-corrected chi connectivity index (χ2v) is 3.23. The molecule has 0 aliphatic carbocycles. The van der Waals surface area contributed by atoms with Crippen LogP contribution in [0.25, 0.3) is 6.08 Å². The summed E-state index contributed by atoms with van der Waals surface area (Å²) >= 11 is 5.63. The highest BCUT2D eigenvalue weighted by molar-refractivity contribution is 6.18. The van der Waals surface area contributed by atoms with Gasteiger partial charge in [-0.15, -0.1) is 11.6 Å². The molecule has 0 saturated heterocycles. The summed E-state index contributed by atoms with van der Waals surface area (Å²) in [5, 5.41) is 0. The maximum absolute atomic E-state index is 5.63. The molecule has 3 heteroatoms. The summed E-state index contributed by atoms with van der Waals surface area (Å²) in [7, 11) is 0. The van der Waals surface area contributed by atoms with Gasteiger partial charge in [-0.2, -0.15) is 0 Å². The number of hydroxylamine groups is 1. The van der Waals surface area contributed by atoms with Crippen LogP contribution in [0.15, 0.2) is 30.0 Å². The normalized spacial score (nSPS) is 13.8. The number of fused-ring (bicyclic) bond motifs is 1. The first-order valence-electron chi connectivity index (χ1n) is 4.18. The van der Waals surface area contributed by atoms with Gasteiger partial charge in [0.05, 0.1) is 5.70 Å². The molecule has 0 amide bonds. The molecule has 0 spiro atoms. The van der Waals surface area contributed by atoms with Crippen molar-refractivity contribution in [3.63, 3.8) is 0 Å². The van der Waals surface area contributed by atoms with Crippen LogP contribution in [0, 0.1) is 0 Å². The Kier molecular flexibility index (Phi) is 2.41. The first-order chi connectivity index (χ1) is 6.40. The summed E-state index contributed by atoms with van der Waals surface area (Å²) in [6.07, 6.45) is 2.86. The van der Waals surface area contributed by atoms with Gasteiger partial charge in [-0.1, -0.05) is 18.2 Å². The largest absolute Gasteiger partial charge is 0.382 e. The predicted molar refractivity (Wildman–Crippen MR) is 53.5 cm³/mol. The van der Waals surface area contributed by atoms with Crippen LogP contribution >= 0.6 is 11.6 Å². The number of alkyl halides is 1. The van der Waals surface area contributed by atoms with Crippen molar-refractivity contribution in [3.8, 4) is 5.75 Å². The molecule has 1 aliphatic heterocycles. The fourth-order valence-electron chi connectivity index (χ4n) is 1.26. The molecule has 2 nitrogen and oxygen atoms in total. The number of halogens is 1. The highest BCUT2D eigenvalue weighted by Gasteiger charge is 2.08. The number of benzene rings is 1. The SMILES string of the molecule is ClCCC1=Cc2ccccc2ON1. The van der Waals surface area contributed by atoms with Crippen molar-refractivity contribution < 1.29 is 4.84 Å². The Hall–Kier alpha value is -1.15. The van der Waals surface area contributed by atoms with E-state index in [0.29, 0.717) is 5.88 Å². The maximum Gasteiger partial charge on any atom is 0.162 e. The number of hydrogen-bond acceptors (Lipinski definition) is 2. The zero-order valence-electron chi connectivity index (χ0n) is 7.09. The number of hydrogen-bond donors (Lipinski definition) is 1. The van der Waals surface area contributed by atoms with Crippen LogP contribution in [0.4, 0.5) is 0 Å². The Morgan fingerprint density at radius 3 is 3.00 bits per heavy atom. The molecule has 0 radical (unpaired) electrons. The zero-order valence-corrected chi connectivity index (χ0v) is 7.84. The molecule has 1 N–H and O–H groups in total.